The lowest BCUT2D eigenvalue weighted by atomic mass is 10.3. The molecular weight excluding hydrogens is 400 g/mol. The van der Waals surface area contributed by atoms with Gasteiger partial charge in [0.25, 0.3) is 10.0 Å². The van der Waals surface area contributed by atoms with E-state index in [2.05, 4.69) is 4.72 Å². The lowest BCUT2D eigenvalue weighted by molar-refractivity contribution is 0.243. The minimum Gasteiger partial charge on any atom is -0.489 e. The minimum absolute atomic E-state index is 0.00179. The number of benzene rings is 2. The summed E-state index contributed by atoms with van der Waals surface area (Å²) in [5.74, 6) is 0.257. The number of hydrogen-bond acceptors (Lipinski definition) is 5. The third kappa shape index (κ3) is 5.03. The topological polar surface area (TPSA) is 92.8 Å². The highest BCUT2D eigenvalue weighted by molar-refractivity contribution is 7.92. The fourth-order valence-electron chi connectivity index (χ4n) is 2.62. The Morgan fingerprint density at radius 2 is 1.54 bits per heavy atom. The zero-order chi connectivity index (χ0) is 20.9. The summed E-state index contributed by atoms with van der Waals surface area (Å²) in [5.41, 5.74) is 0.0748. The van der Waals surface area contributed by atoms with Crippen LogP contribution in [0.15, 0.2) is 58.3 Å². The molecule has 0 aromatic heterocycles. The van der Waals surface area contributed by atoms with Gasteiger partial charge in [0.15, 0.2) is 0 Å². The maximum absolute atomic E-state index is 12.8. The molecule has 0 aliphatic rings. The summed E-state index contributed by atoms with van der Waals surface area (Å²) in [6.07, 6.45) is -0.217. The maximum atomic E-state index is 12.8. The Hall–Kier alpha value is -2.10. The predicted molar refractivity (Wildman–Crippen MR) is 110 cm³/mol. The molecule has 0 spiro atoms. The molecule has 0 atom stereocenters. The average molecular weight is 427 g/mol. The molecule has 2 rings (SSSR count). The highest BCUT2D eigenvalue weighted by Gasteiger charge is 2.24. The SMILES string of the molecule is CCN(CC)S(=O)(=O)c1ccc(OC(C)C)c(NS(=O)(=O)c2ccccc2)c1. The Kier molecular flexibility index (Phi) is 7.08. The largest absolute Gasteiger partial charge is 0.489 e. The number of sulfonamides is 2. The van der Waals surface area contributed by atoms with Crippen molar-refractivity contribution < 1.29 is 21.6 Å². The van der Waals surface area contributed by atoms with E-state index in [9.17, 15) is 16.8 Å². The van der Waals surface area contributed by atoms with Gasteiger partial charge in [-0.05, 0) is 44.2 Å². The van der Waals surface area contributed by atoms with E-state index < -0.39 is 20.0 Å². The van der Waals surface area contributed by atoms with E-state index in [0.29, 0.717) is 13.1 Å². The fraction of sp³-hybridized carbons (Fsp3) is 0.368. The summed E-state index contributed by atoms with van der Waals surface area (Å²) in [4.78, 5) is 0.0700. The van der Waals surface area contributed by atoms with E-state index in [-0.39, 0.29) is 27.3 Å². The Balaban J connectivity index is 2.54. The van der Waals surface area contributed by atoms with Gasteiger partial charge in [-0.25, -0.2) is 16.8 Å². The van der Waals surface area contributed by atoms with Crippen LogP contribution in [0, 0.1) is 0 Å². The van der Waals surface area contributed by atoms with Crippen molar-refractivity contribution in [1.29, 1.82) is 0 Å². The summed E-state index contributed by atoms with van der Waals surface area (Å²) in [5, 5.41) is 0. The molecular formula is C19H26N2O5S2. The number of anilines is 1. The van der Waals surface area contributed by atoms with Gasteiger partial charge in [0, 0.05) is 13.1 Å². The van der Waals surface area contributed by atoms with Gasteiger partial charge in [0.1, 0.15) is 5.75 Å². The summed E-state index contributed by atoms with van der Waals surface area (Å²) < 4.78 is 60.5. The van der Waals surface area contributed by atoms with Crippen LogP contribution in [-0.4, -0.2) is 40.3 Å². The van der Waals surface area contributed by atoms with Gasteiger partial charge >= 0.3 is 0 Å². The van der Waals surface area contributed by atoms with E-state index in [0.717, 1.165) is 0 Å². The van der Waals surface area contributed by atoms with Gasteiger partial charge in [0.05, 0.1) is 21.6 Å². The van der Waals surface area contributed by atoms with Crippen molar-refractivity contribution in [1.82, 2.24) is 4.31 Å². The van der Waals surface area contributed by atoms with E-state index in [1.807, 2.05) is 0 Å². The smallest absolute Gasteiger partial charge is 0.262 e. The second-order valence-corrected chi connectivity index (χ2v) is 9.95. The normalized spacial score (nSPS) is 12.4. The van der Waals surface area contributed by atoms with Crippen molar-refractivity contribution in [3.05, 3.63) is 48.5 Å². The van der Waals surface area contributed by atoms with Gasteiger partial charge < -0.3 is 4.74 Å². The Morgan fingerprint density at radius 3 is 2.07 bits per heavy atom. The molecule has 9 heteroatoms. The summed E-state index contributed by atoms with van der Waals surface area (Å²) >= 11 is 0. The molecule has 0 heterocycles. The number of nitrogens with zero attached hydrogens (tertiary/aromatic N) is 1. The molecule has 0 saturated heterocycles. The first-order chi connectivity index (χ1) is 13.1. The molecule has 7 nitrogen and oxygen atoms in total. The molecule has 0 amide bonds. The standard InChI is InChI=1S/C19H26N2O5S2/c1-5-21(6-2)28(24,25)17-12-13-19(26-15(3)4)18(14-17)20-27(22,23)16-10-8-7-9-11-16/h7-15,20H,5-6H2,1-4H3. The van der Waals surface area contributed by atoms with Crippen molar-refractivity contribution in [3.8, 4) is 5.75 Å². The first kappa shape index (κ1) is 22.2. The molecule has 0 aliphatic heterocycles. The summed E-state index contributed by atoms with van der Waals surface area (Å²) in [6.45, 7) is 7.72. The molecule has 28 heavy (non-hydrogen) atoms. The maximum Gasteiger partial charge on any atom is 0.262 e. The number of ether oxygens (including phenoxy) is 1. The van der Waals surface area contributed by atoms with Crippen LogP contribution in [0.1, 0.15) is 27.7 Å². The lowest BCUT2D eigenvalue weighted by Gasteiger charge is -2.21. The van der Waals surface area contributed by atoms with Gasteiger partial charge in [-0.1, -0.05) is 32.0 Å². The number of rotatable bonds is 9. The molecule has 0 saturated carbocycles. The van der Waals surface area contributed by atoms with Crippen molar-refractivity contribution in [2.24, 2.45) is 0 Å². The zero-order valence-electron chi connectivity index (χ0n) is 16.4. The third-order valence-electron chi connectivity index (χ3n) is 3.95. The van der Waals surface area contributed by atoms with Crippen LogP contribution in [-0.2, 0) is 20.0 Å². The second-order valence-electron chi connectivity index (χ2n) is 6.33. The second kappa shape index (κ2) is 8.93. The van der Waals surface area contributed by atoms with E-state index in [4.69, 9.17) is 4.74 Å². The van der Waals surface area contributed by atoms with Gasteiger partial charge in [-0.3, -0.25) is 4.72 Å². The Labute approximate surface area is 167 Å². The molecule has 0 fully saturated rings. The van der Waals surface area contributed by atoms with E-state index >= 15 is 0 Å². The molecule has 0 unspecified atom stereocenters. The van der Waals surface area contributed by atoms with E-state index in [1.54, 1.807) is 45.9 Å². The molecule has 154 valence electrons. The van der Waals surface area contributed by atoms with Crippen LogP contribution >= 0.6 is 0 Å². The fourth-order valence-corrected chi connectivity index (χ4v) is 5.19. The van der Waals surface area contributed by atoms with Crippen molar-refractivity contribution in [2.45, 2.75) is 43.6 Å². The van der Waals surface area contributed by atoms with Crippen LogP contribution in [0.3, 0.4) is 0 Å². The zero-order valence-corrected chi connectivity index (χ0v) is 18.0. The van der Waals surface area contributed by atoms with Crippen molar-refractivity contribution in [2.75, 3.05) is 17.8 Å². The highest BCUT2D eigenvalue weighted by Crippen LogP contribution is 2.31. The van der Waals surface area contributed by atoms with Crippen molar-refractivity contribution in [3.63, 3.8) is 0 Å². The van der Waals surface area contributed by atoms with Gasteiger partial charge in [-0.2, -0.15) is 4.31 Å². The summed E-state index contributed by atoms with van der Waals surface area (Å²) in [6, 6.07) is 12.0. The monoisotopic (exact) mass is 426 g/mol. The van der Waals surface area contributed by atoms with Crippen LogP contribution in [0.2, 0.25) is 0 Å². The van der Waals surface area contributed by atoms with Crippen LogP contribution in [0.5, 0.6) is 5.75 Å². The first-order valence-corrected chi connectivity index (χ1v) is 11.9. The van der Waals surface area contributed by atoms with Crippen LogP contribution in [0.4, 0.5) is 5.69 Å². The average Bonchev–Trinajstić information content (AvgIpc) is 2.64. The number of nitrogens with one attached hydrogen (secondary N) is 1. The van der Waals surface area contributed by atoms with E-state index in [1.165, 1.54) is 34.6 Å². The quantitative estimate of drug-likeness (QED) is 0.664. The molecule has 0 radical (unpaired) electrons. The molecule has 1 N–H and O–H groups in total. The van der Waals surface area contributed by atoms with Crippen LogP contribution < -0.4 is 9.46 Å². The molecule has 0 bridgehead atoms. The van der Waals surface area contributed by atoms with Gasteiger partial charge in [0.2, 0.25) is 10.0 Å². The first-order valence-electron chi connectivity index (χ1n) is 9.00. The highest BCUT2D eigenvalue weighted by atomic mass is 32.2. The minimum atomic E-state index is -3.90. The molecule has 2 aromatic carbocycles. The number of hydrogen-bond donors (Lipinski definition) is 1. The van der Waals surface area contributed by atoms with Crippen molar-refractivity contribution >= 4 is 25.7 Å². The third-order valence-corrected chi connectivity index (χ3v) is 7.38. The molecule has 2 aromatic rings. The Morgan fingerprint density at radius 1 is 0.929 bits per heavy atom. The Bertz CT molecular complexity index is 1000. The van der Waals surface area contributed by atoms with Gasteiger partial charge in [-0.15, -0.1) is 0 Å². The van der Waals surface area contributed by atoms with Crippen LogP contribution in [0.25, 0.3) is 0 Å². The predicted octanol–water partition coefficient (Wildman–Crippen LogP) is 3.31. The molecule has 0 aliphatic carbocycles. The lowest BCUT2D eigenvalue weighted by Crippen LogP contribution is -2.30. The summed E-state index contributed by atoms with van der Waals surface area (Å²) in [7, 11) is -7.65.